The van der Waals surface area contributed by atoms with Crippen LogP contribution in [0, 0.1) is 5.92 Å². The lowest BCUT2D eigenvalue weighted by atomic mass is 9.95. The van der Waals surface area contributed by atoms with Gasteiger partial charge < -0.3 is 19.5 Å². The lowest BCUT2D eigenvalue weighted by molar-refractivity contribution is -0.121. The minimum Gasteiger partial charge on any atom is -0.497 e. The third-order valence-corrected chi connectivity index (χ3v) is 4.82. The van der Waals surface area contributed by atoms with Crippen molar-refractivity contribution < 1.29 is 19.0 Å². The van der Waals surface area contributed by atoms with Crippen LogP contribution in [0.2, 0.25) is 0 Å². The SMILES string of the molecule is COc1ccc2c(c1)CC(C(=O)Nc1ccc(-c3cn[nH]c3)c(OC)c1)CO2. The number of hydrogen-bond donors (Lipinski definition) is 2. The number of benzene rings is 2. The number of fused-ring (bicyclic) bond motifs is 1. The van der Waals surface area contributed by atoms with Crippen molar-refractivity contribution in [2.24, 2.45) is 5.92 Å². The van der Waals surface area contributed by atoms with Gasteiger partial charge in [-0.15, -0.1) is 0 Å². The van der Waals surface area contributed by atoms with Crippen LogP contribution in [0.3, 0.4) is 0 Å². The summed E-state index contributed by atoms with van der Waals surface area (Å²) in [5, 5.41) is 9.72. The summed E-state index contributed by atoms with van der Waals surface area (Å²) in [6, 6.07) is 11.2. The summed E-state index contributed by atoms with van der Waals surface area (Å²) in [5.41, 5.74) is 3.46. The highest BCUT2D eigenvalue weighted by atomic mass is 16.5. The smallest absolute Gasteiger partial charge is 0.231 e. The van der Waals surface area contributed by atoms with Crippen molar-refractivity contribution in [2.75, 3.05) is 26.1 Å². The molecule has 0 bridgehead atoms. The van der Waals surface area contributed by atoms with E-state index in [1.807, 2.05) is 30.3 Å². The molecule has 1 aromatic heterocycles. The van der Waals surface area contributed by atoms with Crippen LogP contribution >= 0.6 is 0 Å². The van der Waals surface area contributed by atoms with Gasteiger partial charge in [-0.2, -0.15) is 5.10 Å². The molecule has 1 unspecified atom stereocenters. The number of anilines is 1. The maximum Gasteiger partial charge on any atom is 0.231 e. The predicted molar refractivity (Wildman–Crippen MR) is 105 cm³/mol. The molecule has 7 nitrogen and oxygen atoms in total. The topological polar surface area (TPSA) is 85.5 Å². The van der Waals surface area contributed by atoms with Gasteiger partial charge in [-0.05, 0) is 42.3 Å². The number of methoxy groups -OCH3 is 2. The molecule has 144 valence electrons. The lowest BCUT2D eigenvalue weighted by Crippen LogP contribution is -2.32. The van der Waals surface area contributed by atoms with Crippen molar-refractivity contribution >= 4 is 11.6 Å². The van der Waals surface area contributed by atoms with E-state index in [0.29, 0.717) is 24.5 Å². The van der Waals surface area contributed by atoms with Crippen molar-refractivity contribution in [3.8, 4) is 28.4 Å². The summed E-state index contributed by atoms with van der Waals surface area (Å²) < 4.78 is 16.5. The van der Waals surface area contributed by atoms with Gasteiger partial charge in [0, 0.05) is 29.1 Å². The van der Waals surface area contributed by atoms with Crippen LogP contribution in [0.25, 0.3) is 11.1 Å². The standard InChI is InChI=1S/C21H21N3O4/c1-26-17-4-6-19-13(8-17)7-14(12-28-19)21(25)24-16-3-5-18(20(9-16)27-2)15-10-22-23-11-15/h3-6,8-11,14H,7,12H2,1-2H3,(H,22,23)(H,24,25). The van der Waals surface area contributed by atoms with Gasteiger partial charge in [0.05, 0.1) is 26.3 Å². The summed E-state index contributed by atoms with van der Waals surface area (Å²) in [6.07, 6.45) is 4.12. The van der Waals surface area contributed by atoms with Crippen LogP contribution in [-0.4, -0.2) is 36.9 Å². The molecule has 2 aromatic carbocycles. The molecule has 0 fully saturated rings. The molecular formula is C21H21N3O4. The zero-order valence-electron chi connectivity index (χ0n) is 15.7. The second-order valence-electron chi connectivity index (χ2n) is 6.58. The van der Waals surface area contributed by atoms with Crippen LogP contribution in [0.15, 0.2) is 48.8 Å². The van der Waals surface area contributed by atoms with Gasteiger partial charge in [0.1, 0.15) is 23.9 Å². The van der Waals surface area contributed by atoms with E-state index in [4.69, 9.17) is 14.2 Å². The molecule has 4 rings (SSSR count). The van der Waals surface area contributed by atoms with Crippen LogP contribution in [0.5, 0.6) is 17.2 Å². The summed E-state index contributed by atoms with van der Waals surface area (Å²) in [7, 11) is 3.22. The molecule has 1 amide bonds. The fourth-order valence-corrected chi connectivity index (χ4v) is 3.32. The Balaban J connectivity index is 1.49. The maximum atomic E-state index is 12.8. The number of aromatic amines is 1. The molecule has 0 saturated heterocycles. The first-order valence-corrected chi connectivity index (χ1v) is 8.95. The Hall–Kier alpha value is -3.48. The van der Waals surface area contributed by atoms with Gasteiger partial charge >= 0.3 is 0 Å². The van der Waals surface area contributed by atoms with Crippen molar-refractivity contribution in [3.05, 3.63) is 54.4 Å². The van der Waals surface area contributed by atoms with E-state index in [1.165, 1.54) is 0 Å². The fourth-order valence-electron chi connectivity index (χ4n) is 3.32. The Morgan fingerprint density at radius 3 is 2.86 bits per heavy atom. The zero-order chi connectivity index (χ0) is 19.5. The van der Waals surface area contributed by atoms with E-state index in [9.17, 15) is 4.79 Å². The Bertz CT molecular complexity index is 985. The molecule has 0 radical (unpaired) electrons. The summed E-state index contributed by atoms with van der Waals surface area (Å²) >= 11 is 0. The number of carbonyl (C=O) groups is 1. The lowest BCUT2D eigenvalue weighted by Gasteiger charge is -2.25. The molecule has 0 saturated carbocycles. The van der Waals surface area contributed by atoms with Gasteiger partial charge in [0.2, 0.25) is 5.91 Å². The van der Waals surface area contributed by atoms with Gasteiger partial charge in [0.15, 0.2) is 0 Å². The average molecular weight is 379 g/mol. The number of ether oxygens (including phenoxy) is 3. The summed E-state index contributed by atoms with van der Waals surface area (Å²) in [5.74, 6) is 1.85. The van der Waals surface area contributed by atoms with Crippen molar-refractivity contribution in [3.63, 3.8) is 0 Å². The number of amides is 1. The van der Waals surface area contributed by atoms with E-state index in [-0.39, 0.29) is 11.8 Å². The molecule has 0 aliphatic carbocycles. The van der Waals surface area contributed by atoms with Gasteiger partial charge in [-0.25, -0.2) is 0 Å². The molecule has 2 heterocycles. The fraction of sp³-hybridized carbons (Fsp3) is 0.238. The Kier molecular flexibility index (Phi) is 4.89. The Morgan fingerprint density at radius 2 is 2.11 bits per heavy atom. The van der Waals surface area contributed by atoms with Gasteiger partial charge in [-0.1, -0.05) is 0 Å². The summed E-state index contributed by atoms with van der Waals surface area (Å²) in [4.78, 5) is 12.8. The Morgan fingerprint density at radius 1 is 1.21 bits per heavy atom. The molecule has 3 aromatic rings. The third-order valence-electron chi connectivity index (χ3n) is 4.82. The molecule has 1 aliphatic heterocycles. The molecule has 28 heavy (non-hydrogen) atoms. The van der Waals surface area contributed by atoms with E-state index in [2.05, 4.69) is 15.5 Å². The van der Waals surface area contributed by atoms with Crippen molar-refractivity contribution in [2.45, 2.75) is 6.42 Å². The zero-order valence-corrected chi connectivity index (χ0v) is 15.7. The van der Waals surface area contributed by atoms with E-state index in [1.54, 1.807) is 32.7 Å². The van der Waals surface area contributed by atoms with E-state index >= 15 is 0 Å². The second-order valence-corrected chi connectivity index (χ2v) is 6.58. The maximum absolute atomic E-state index is 12.8. The summed E-state index contributed by atoms with van der Waals surface area (Å²) in [6.45, 7) is 0.343. The third kappa shape index (κ3) is 3.51. The first-order chi connectivity index (χ1) is 13.7. The monoisotopic (exact) mass is 379 g/mol. The number of carbonyl (C=O) groups excluding carboxylic acids is 1. The quantitative estimate of drug-likeness (QED) is 0.711. The van der Waals surface area contributed by atoms with Crippen LogP contribution < -0.4 is 19.5 Å². The first-order valence-electron chi connectivity index (χ1n) is 8.95. The number of aromatic nitrogens is 2. The molecule has 1 atom stereocenters. The Labute approximate surface area is 162 Å². The predicted octanol–water partition coefficient (Wildman–Crippen LogP) is 3.28. The number of rotatable bonds is 5. The molecule has 1 aliphatic rings. The van der Waals surface area contributed by atoms with Crippen molar-refractivity contribution in [1.82, 2.24) is 10.2 Å². The largest absolute Gasteiger partial charge is 0.497 e. The highest BCUT2D eigenvalue weighted by molar-refractivity contribution is 5.93. The number of H-pyrrole nitrogens is 1. The minimum atomic E-state index is -0.279. The van der Waals surface area contributed by atoms with Gasteiger partial charge in [-0.3, -0.25) is 9.89 Å². The molecule has 2 N–H and O–H groups in total. The highest BCUT2D eigenvalue weighted by Gasteiger charge is 2.26. The number of hydrogen-bond acceptors (Lipinski definition) is 5. The first kappa shape index (κ1) is 17.9. The molecule has 7 heteroatoms. The molecular weight excluding hydrogens is 358 g/mol. The van der Waals surface area contributed by atoms with Crippen LogP contribution in [0.4, 0.5) is 5.69 Å². The van der Waals surface area contributed by atoms with E-state index < -0.39 is 0 Å². The number of nitrogens with one attached hydrogen (secondary N) is 2. The van der Waals surface area contributed by atoms with Gasteiger partial charge in [0.25, 0.3) is 0 Å². The molecule has 0 spiro atoms. The normalized spacial score (nSPS) is 15.3. The minimum absolute atomic E-state index is 0.0911. The average Bonchev–Trinajstić information content (AvgIpc) is 3.27. The number of nitrogens with zero attached hydrogens (tertiary/aromatic N) is 1. The van der Waals surface area contributed by atoms with E-state index in [0.717, 1.165) is 28.2 Å². The second kappa shape index (κ2) is 7.64. The van der Waals surface area contributed by atoms with Crippen molar-refractivity contribution in [1.29, 1.82) is 0 Å². The van der Waals surface area contributed by atoms with Crippen LogP contribution in [0.1, 0.15) is 5.56 Å². The van der Waals surface area contributed by atoms with Crippen LogP contribution in [-0.2, 0) is 11.2 Å². The highest BCUT2D eigenvalue weighted by Crippen LogP contribution is 2.33.